The van der Waals surface area contributed by atoms with Gasteiger partial charge in [-0.25, -0.2) is 4.68 Å². The fourth-order valence-electron chi connectivity index (χ4n) is 3.92. The molecule has 4 rings (SSSR count). The minimum atomic E-state index is 0. The number of nitrogens with zero attached hydrogens (tertiary/aromatic N) is 3. The molecule has 0 saturated carbocycles. The molecule has 2 atom stereocenters. The highest BCUT2D eigenvalue weighted by molar-refractivity contribution is 5.94. The van der Waals surface area contributed by atoms with Gasteiger partial charge in [0, 0.05) is 24.8 Å². The first-order valence-electron chi connectivity index (χ1n) is 8.83. The average Bonchev–Trinajstić information content (AvgIpc) is 3.19. The van der Waals surface area contributed by atoms with E-state index in [1.165, 1.54) is 0 Å². The van der Waals surface area contributed by atoms with E-state index in [0.29, 0.717) is 0 Å². The summed E-state index contributed by atoms with van der Waals surface area (Å²) >= 11 is 0. The van der Waals surface area contributed by atoms with Crippen LogP contribution in [0.1, 0.15) is 28.9 Å². The van der Waals surface area contributed by atoms with Crippen LogP contribution in [0.4, 0.5) is 0 Å². The number of likely N-dealkylation sites (tertiary alicyclic amines) is 1. The topological polar surface area (TPSA) is 50.2 Å². The van der Waals surface area contributed by atoms with Gasteiger partial charge in [-0.15, -0.1) is 12.4 Å². The normalized spacial score (nSPS) is 22.8. The molecular formula is C19H25ClN4O. The number of carbonyl (C=O) groups is 1. The molecule has 2 saturated heterocycles. The number of rotatable bonds is 2. The van der Waals surface area contributed by atoms with E-state index in [4.69, 9.17) is 0 Å². The van der Waals surface area contributed by atoms with Gasteiger partial charge in [0.1, 0.15) is 0 Å². The fraction of sp³-hybridized carbons (Fsp3) is 0.474. The van der Waals surface area contributed by atoms with E-state index >= 15 is 0 Å². The van der Waals surface area contributed by atoms with Crippen LogP contribution >= 0.6 is 12.4 Å². The molecule has 0 unspecified atom stereocenters. The van der Waals surface area contributed by atoms with E-state index in [1.54, 1.807) is 0 Å². The lowest BCUT2D eigenvalue weighted by molar-refractivity contribution is 0.0758. The first-order chi connectivity index (χ1) is 11.7. The molecule has 0 spiro atoms. The Balaban J connectivity index is 0.00000182. The van der Waals surface area contributed by atoms with Crippen molar-refractivity contribution in [3.8, 4) is 5.69 Å². The van der Waals surface area contributed by atoms with Crippen molar-refractivity contribution in [1.82, 2.24) is 20.0 Å². The summed E-state index contributed by atoms with van der Waals surface area (Å²) in [6.07, 6.45) is 4.18. The number of benzene rings is 1. The molecule has 1 aromatic carbocycles. The lowest BCUT2D eigenvalue weighted by atomic mass is 9.92. The van der Waals surface area contributed by atoms with Gasteiger partial charge >= 0.3 is 0 Å². The maximum atomic E-state index is 12.8. The molecule has 6 heteroatoms. The molecule has 0 aliphatic carbocycles. The van der Waals surface area contributed by atoms with Gasteiger partial charge in [-0.3, -0.25) is 4.79 Å². The van der Waals surface area contributed by atoms with Crippen molar-refractivity contribution in [3.05, 3.63) is 47.8 Å². The van der Waals surface area contributed by atoms with Crippen LogP contribution in [-0.2, 0) is 0 Å². The quantitative estimate of drug-likeness (QED) is 0.895. The van der Waals surface area contributed by atoms with E-state index in [-0.39, 0.29) is 18.3 Å². The van der Waals surface area contributed by atoms with Crippen LogP contribution in [0.2, 0.25) is 0 Å². The lowest BCUT2D eigenvalue weighted by Crippen LogP contribution is -2.32. The Bertz CT molecular complexity index is 713. The SMILES string of the molecule is Cc1ccn(-c2ccc(C(=O)N3CC[C@@H]4CNC[C@@H]4CC3)cc2)n1.Cl. The van der Waals surface area contributed by atoms with Crippen molar-refractivity contribution in [2.75, 3.05) is 26.2 Å². The summed E-state index contributed by atoms with van der Waals surface area (Å²) < 4.78 is 1.84. The molecule has 1 N–H and O–H groups in total. The first-order valence-corrected chi connectivity index (χ1v) is 8.83. The monoisotopic (exact) mass is 360 g/mol. The summed E-state index contributed by atoms with van der Waals surface area (Å²) in [5.74, 6) is 1.65. The maximum Gasteiger partial charge on any atom is 0.253 e. The number of halogens is 1. The minimum Gasteiger partial charge on any atom is -0.339 e. The molecule has 2 aliphatic heterocycles. The Morgan fingerprint density at radius 3 is 2.28 bits per heavy atom. The molecule has 134 valence electrons. The van der Waals surface area contributed by atoms with E-state index in [0.717, 1.165) is 67.8 Å². The van der Waals surface area contributed by atoms with Crippen LogP contribution in [0.5, 0.6) is 0 Å². The number of hydrogen-bond acceptors (Lipinski definition) is 3. The van der Waals surface area contributed by atoms with Crippen molar-refractivity contribution in [2.24, 2.45) is 11.8 Å². The van der Waals surface area contributed by atoms with Crippen molar-refractivity contribution in [2.45, 2.75) is 19.8 Å². The molecule has 1 aromatic heterocycles. The zero-order valence-electron chi connectivity index (χ0n) is 14.5. The number of amides is 1. The Labute approximate surface area is 154 Å². The van der Waals surface area contributed by atoms with Crippen molar-refractivity contribution in [3.63, 3.8) is 0 Å². The van der Waals surface area contributed by atoms with E-state index in [1.807, 2.05) is 53.0 Å². The Morgan fingerprint density at radius 1 is 1.08 bits per heavy atom. The van der Waals surface area contributed by atoms with Gasteiger partial charge in [0.2, 0.25) is 0 Å². The first kappa shape index (κ1) is 18.0. The zero-order chi connectivity index (χ0) is 16.5. The van der Waals surface area contributed by atoms with Gasteiger partial charge in [-0.05, 0) is 75.0 Å². The fourth-order valence-corrected chi connectivity index (χ4v) is 3.92. The molecule has 2 aliphatic rings. The van der Waals surface area contributed by atoms with Crippen LogP contribution in [-0.4, -0.2) is 46.8 Å². The molecule has 1 amide bonds. The number of aromatic nitrogens is 2. The van der Waals surface area contributed by atoms with Crippen molar-refractivity contribution >= 4 is 18.3 Å². The molecule has 3 heterocycles. The number of nitrogens with one attached hydrogen (secondary N) is 1. The third-order valence-electron chi connectivity index (χ3n) is 5.41. The third-order valence-corrected chi connectivity index (χ3v) is 5.41. The maximum absolute atomic E-state index is 12.8. The highest BCUT2D eigenvalue weighted by atomic mass is 35.5. The highest BCUT2D eigenvalue weighted by Crippen LogP contribution is 2.27. The second kappa shape index (κ2) is 7.58. The van der Waals surface area contributed by atoms with Crippen LogP contribution in [0.3, 0.4) is 0 Å². The molecule has 2 fully saturated rings. The second-order valence-corrected chi connectivity index (χ2v) is 7.00. The van der Waals surface area contributed by atoms with Crippen molar-refractivity contribution in [1.29, 1.82) is 0 Å². The molecular weight excluding hydrogens is 336 g/mol. The van der Waals surface area contributed by atoms with Crippen LogP contribution in [0.15, 0.2) is 36.5 Å². The largest absolute Gasteiger partial charge is 0.339 e. The number of fused-ring (bicyclic) bond motifs is 1. The van der Waals surface area contributed by atoms with E-state index in [9.17, 15) is 4.79 Å². The summed E-state index contributed by atoms with van der Waals surface area (Å²) in [6, 6.07) is 9.75. The molecule has 5 nitrogen and oxygen atoms in total. The van der Waals surface area contributed by atoms with E-state index < -0.39 is 0 Å². The van der Waals surface area contributed by atoms with Crippen LogP contribution in [0, 0.1) is 18.8 Å². The lowest BCUT2D eigenvalue weighted by Gasteiger charge is -2.21. The van der Waals surface area contributed by atoms with Crippen LogP contribution in [0.25, 0.3) is 5.69 Å². The Hall–Kier alpha value is -1.85. The number of hydrogen-bond donors (Lipinski definition) is 1. The predicted molar refractivity (Wildman–Crippen MR) is 101 cm³/mol. The Kier molecular flexibility index (Phi) is 5.45. The summed E-state index contributed by atoms with van der Waals surface area (Å²) in [4.78, 5) is 14.8. The number of carbonyl (C=O) groups excluding carboxylic acids is 1. The molecule has 0 radical (unpaired) electrons. The third kappa shape index (κ3) is 3.72. The minimum absolute atomic E-state index is 0. The molecule has 25 heavy (non-hydrogen) atoms. The predicted octanol–water partition coefficient (Wildman–Crippen LogP) is 2.67. The Morgan fingerprint density at radius 2 is 1.72 bits per heavy atom. The van der Waals surface area contributed by atoms with Gasteiger partial charge in [0.25, 0.3) is 5.91 Å². The summed E-state index contributed by atoms with van der Waals surface area (Å²) in [6.45, 7) is 5.96. The van der Waals surface area contributed by atoms with Gasteiger partial charge < -0.3 is 10.2 Å². The van der Waals surface area contributed by atoms with Gasteiger partial charge in [-0.2, -0.15) is 5.10 Å². The summed E-state index contributed by atoms with van der Waals surface area (Å²) in [5, 5.41) is 7.89. The molecule has 2 aromatic rings. The smallest absolute Gasteiger partial charge is 0.253 e. The van der Waals surface area contributed by atoms with E-state index in [2.05, 4.69) is 10.4 Å². The highest BCUT2D eigenvalue weighted by Gasteiger charge is 2.31. The standard InChI is InChI=1S/C19H24N4O.ClH/c1-14-6-11-23(21-14)18-4-2-15(3-5-18)19(24)22-9-7-16-12-20-13-17(16)8-10-22;/h2-6,11,16-17,20H,7-10,12-13H2,1H3;1H/t16-,17+;. The summed E-state index contributed by atoms with van der Waals surface area (Å²) in [7, 11) is 0. The van der Waals surface area contributed by atoms with Gasteiger partial charge in [-0.1, -0.05) is 0 Å². The molecule has 0 bridgehead atoms. The zero-order valence-corrected chi connectivity index (χ0v) is 15.3. The van der Waals surface area contributed by atoms with Gasteiger partial charge in [0.15, 0.2) is 0 Å². The number of aryl methyl sites for hydroxylation is 1. The van der Waals surface area contributed by atoms with Crippen LogP contribution < -0.4 is 5.32 Å². The van der Waals surface area contributed by atoms with Gasteiger partial charge in [0.05, 0.1) is 11.4 Å². The van der Waals surface area contributed by atoms with Crippen molar-refractivity contribution < 1.29 is 4.79 Å². The summed E-state index contributed by atoms with van der Waals surface area (Å²) in [5.41, 5.74) is 2.74. The second-order valence-electron chi connectivity index (χ2n) is 7.00. The average molecular weight is 361 g/mol.